The number of carbonyl (C=O) groups is 1. The molecule has 2 heterocycles. The van der Waals surface area contributed by atoms with Crippen LogP contribution in [0.2, 0.25) is 5.02 Å². The number of H-pyrrole nitrogens is 1. The van der Waals surface area contributed by atoms with E-state index in [4.69, 9.17) is 16.0 Å². The minimum absolute atomic E-state index is 0.204. The summed E-state index contributed by atoms with van der Waals surface area (Å²) in [4.78, 5) is 28.3. The van der Waals surface area contributed by atoms with E-state index in [-0.39, 0.29) is 11.7 Å². The highest BCUT2D eigenvalue weighted by atomic mass is 35.5. The van der Waals surface area contributed by atoms with Gasteiger partial charge in [0.25, 0.3) is 5.91 Å². The molecule has 146 valence electrons. The number of halogens is 2. The quantitative estimate of drug-likeness (QED) is 0.698. The number of hydrogen-bond acceptors (Lipinski definition) is 4. The van der Waals surface area contributed by atoms with Crippen molar-refractivity contribution in [2.24, 2.45) is 5.92 Å². The number of fused-ring (bicyclic) bond motifs is 1. The van der Waals surface area contributed by atoms with Crippen LogP contribution in [0.15, 0.2) is 45.6 Å². The number of benzene rings is 2. The van der Waals surface area contributed by atoms with E-state index in [2.05, 4.69) is 15.2 Å². The highest BCUT2D eigenvalue weighted by Crippen LogP contribution is 2.26. The number of anilines is 1. The van der Waals surface area contributed by atoms with Crippen LogP contribution < -0.4 is 16.0 Å². The van der Waals surface area contributed by atoms with Crippen LogP contribution in [0.5, 0.6) is 0 Å². The molecule has 2 aromatic carbocycles. The maximum absolute atomic E-state index is 13.5. The zero-order valence-electron chi connectivity index (χ0n) is 15.0. The van der Waals surface area contributed by atoms with Crippen molar-refractivity contribution in [1.82, 2.24) is 10.3 Å². The van der Waals surface area contributed by atoms with Gasteiger partial charge in [-0.25, -0.2) is 9.18 Å². The molecule has 0 spiro atoms. The van der Waals surface area contributed by atoms with Crippen molar-refractivity contribution in [2.75, 3.05) is 24.5 Å². The van der Waals surface area contributed by atoms with Crippen LogP contribution in [-0.4, -0.2) is 30.5 Å². The number of oxazole rings is 1. The normalized spacial score (nSPS) is 15.1. The molecule has 1 amide bonds. The zero-order valence-corrected chi connectivity index (χ0v) is 15.8. The number of hydrogen-bond donors (Lipinski definition) is 2. The van der Waals surface area contributed by atoms with E-state index in [1.54, 1.807) is 24.3 Å². The first-order valence-corrected chi connectivity index (χ1v) is 9.48. The summed E-state index contributed by atoms with van der Waals surface area (Å²) in [6.07, 6.45) is 1.78. The molecule has 1 saturated heterocycles. The molecule has 0 aliphatic carbocycles. The maximum atomic E-state index is 13.5. The van der Waals surface area contributed by atoms with Crippen LogP contribution in [0.4, 0.5) is 10.1 Å². The van der Waals surface area contributed by atoms with Gasteiger partial charge in [0.15, 0.2) is 5.58 Å². The minimum atomic E-state index is -0.543. The smallest absolute Gasteiger partial charge is 0.408 e. The van der Waals surface area contributed by atoms with Gasteiger partial charge >= 0.3 is 5.76 Å². The molecule has 2 N–H and O–H groups in total. The number of piperidine rings is 1. The second-order valence-corrected chi connectivity index (χ2v) is 7.43. The van der Waals surface area contributed by atoms with Gasteiger partial charge in [-0.05, 0) is 55.2 Å². The van der Waals surface area contributed by atoms with Gasteiger partial charge in [0.2, 0.25) is 0 Å². The van der Waals surface area contributed by atoms with Crippen molar-refractivity contribution < 1.29 is 13.6 Å². The lowest BCUT2D eigenvalue weighted by Crippen LogP contribution is -2.38. The standard InChI is InChI=1S/C20H19ClFN3O3/c21-14-8-15(22)10-16(9-14)25-5-3-12(4-6-25)11-23-19(26)13-1-2-17-18(7-13)28-20(27)24-17/h1-2,7-10,12H,3-6,11H2,(H,23,26)(H,24,27). The van der Waals surface area contributed by atoms with E-state index in [1.807, 2.05) is 0 Å². The Kier molecular flexibility index (Phi) is 5.09. The largest absolute Gasteiger partial charge is 0.417 e. The molecule has 1 aliphatic heterocycles. The molecule has 1 fully saturated rings. The van der Waals surface area contributed by atoms with Gasteiger partial charge in [-0.2, -0.15) is 0 Å². The molecule has 8 heteroatoms. The maximum Gasteiger partial charge on any atom is 0.417 e. The first-order valence-electron chi connectivity index (χ1n) is 9.10. The Hall–Kier alpha value is -2.80. The van der Waals surface area contributed by atoms with E-state index in [0.29, 0.717) is 34.1 Å². The second kappa shape index (κ2) is 7.67. The third kappa shape index (κ3) is 4.04. The van der Waals surface area contributed by atoms with Crippen LogP contribution in [0.3, 0.4) is 0 Å². The molecule has 6 nitrogen and oxygen atoms in total. The lowest BCUT2D eigenvalue weighted by Gasteiger charge is -2.33. The Morgan fingerprint density at radius 3 is 2.79 bits per heavy atom. The third-order valence-electron chi connectivity index (χ3n) is 5.06. The summed E-state index contributed by atoms with van der Waals surface area (Å²) in [5, 5.41) is 3.33. The van der Waals surface area contributed by atoms with Crippen molar-refractivity contribution in [3.8, 4) is 0 Å². The van der Waals surface area contributed by atoms with E-state index in [9.17, 15) is 14.0 Å². The predicted octanol–water partition coefficient (Wildman–Crippen LogP) is 3.56. The van der Waals surface area contributed by atoms with Gasteiger partial charge in [0, 0.05) is 35.9 Å². The Balaban J connectivity index is 1.32. The number of carbonyl (C=O) groups excluding carboxylic acids is 1. The third-order valence-corrected chi connectivity index (χ3v) is 5.28. The fourth-order valence-electron chi connectivity index (χ4n) is 3.54. The molecular formula is C20H19ClFN3O3. The molecule has 0 atom stereocenters. The predicted molar refractivity (Wildman–Crippen MR) is 106 cm³/mol. The summed E-state index contributed by atoms with van der Waals surface area (Å²) >= 11 is 5.94. The van der Waals surface area contributed by atoms with Gasteiger partial charge in [-0.15, -0.1) is 0 Å². The number of nitrogens with one attached hydrogen (secondary N) is 2. The molecule has 1 aliphatic rings. The average molecular weight is 404 g/mol. The topological polar surface area (TPSA) is 78.3 Å². The van der Waals surface area contributed by atoms with Crippen LogP contribution >= 0.6 is 11.6 Å². The fraction of sp³-hybridized carbons (Fsp3) is 0.300. The number of nitrogens with zero attached hydrogens (tertiary/aromatic N) is 1. The second-order valence-electron chi connectivity index (χ2n) is 6.99. The highest BCUT2D eigenvalue weighted by Gasteiger charge is 2.21. The van der Waals surface area contributed by atoms with Crippen molar-refractivity contribution in [2.45, 2.75) is 12.8 Å². The summed E-state index contributed by atoms with van der Waals surface area (Å²) in [5.74, 6) is -0.741. The summed E-state index contributed by atoms with van der Waals surface area (Å²) in [7, 11) is 0. The first kappa shape index (κ1) is 18.6. The summed E-state index contributed by atoms with van der Waals surface area (Å²) in [5.41, 5.74) is 2.15. The monoisotopic (exact) mass is 403 g/mol. The number of aromatic nitrogens is 1. The van der Waals surface area contributed by atoms with Crippen molar-refractivity contribution in [1.29, 1.82) is 0 Å². The molecule has 3 aromatic rings. The van der Waals surface area contributed by atoms with Crippen molar-refractivity contribution in [3.05, 3.63) is 63.4 Å². The fourth-order valence-corrected chi connectivity index (χ4v) is 3.76. The summed E-state index contributed by atoms with van der Waals surface area (Å²) in [6, 6.07) is 9.41. The summed E-state index contributed by atoms with van der Waals surface area (Å²) in [6.45, 7) is 2.12. The van der Waals surface area contributed by atoms with Crippen molar-refractivity contribution in [3.63, 3.8) is 0 Å². The number of aromatic amines is 1. The van der Waals surface area contributed by atoms with Gasteiger partial charge in [-0.3, -0.25) is 9.78 Å². The number of rotatable bonds is 4. The number of amides is 1. The minimum Gasteiger partial charge on any atom is -0.408 e. The van der Waals surface area contributed by atoms with E-state index >= 15 is 0 Å². The highest BCUT2D eigenvalue weighted by molar-refractivity contribution is 6.30. The van der Waals surface area contributed by atoms with Gasteiger partial charge in [-0.1, -0.05) is 11.6 Å². The lowest BCUT2D eigenvalue weighted by molar-refractivity contribution is 0.0945. The first-order chi connectivity index (χ1) is 13.5. The Morgan fingerprint density at radius 2 is 2.04 bits per heavy atom. The van der Waals surface area contributed by atoms with Gasteiger partial charge in [0.05, 0.1) is 5.52 Å². The Labute approximate surface area is 165 Å². The summed E-state index contributed by atoms with van der Waals surface area (Å²) < 4.78 is 18.5. The molecule has 4 rings (SSSR count). The van der Waals surface area contributed by atoms with E-state index < -0.39 is 5.76 Å². The van der Waals surface area contributed by atoms with E-state index in [1.165, 1.54) is 12.1 Å². The molecule has 0 saturated carbocycles. The van der Waals surface area contributed by atoms with Crippen LogP contribution in [0.25, 0.3) is 11.1 Å². The lowest BCUT2D eigenvalue weighted by atomic mass is 9.96. The zero-order chi connectivity index (χ0) is 19.7. The molecule has 1 aromatic heterocycles. The Bertz CT molecular complexity index is 1050. The van der Waals surface area contributed by atoms with Gasteiger partial charge in [0.1, 0.15) is 5.82 Å². The molecule has 28 heavy (non-hydrogen) atoms. The van der Waals surface area contributed by atoms with Crippen LogP contribution in [0.1, 0.15) is 23.2 Å². The van der Waals surface area contributed by atoms with Crippen LogP contribution in [-0.2, 0) is 0 Å². The van der Waals surface area contributed by atoms with Crippen LogP contribution in [0, 0.1) is 11.7 Å². The SMILES string of the molecule is O=C(NCC1CCN(c2cc(F)cc(Cl)c2)CC1)c1ccc2[nH]c(=O)oc2c1. The Morgan fingerprint density at radius 1 is 1.25 bits per heavy atom. The molecule has 0 radical (unpaired) electrons. The molecular weight excluding hydrogens is 385 g/mol. The van der Waals surface area contributed by atoms with Gasteiger partial charge < -0.3 is 14.6 Å². The molecule has 0 unspecified atom stereocenters. The van der Waals surface area contributed by atoms with E-state index in [0.717, 1.165) is 31.6 Å². The average Bonchev–Trinajstić information content (AvgIpc) is 3.05. The molecule has 0 bridgehead atoms. The van der Waals surface area contributed by atoms with Crippen molar-refractivity contribution >= 4 is 34.3 Å².